The van der Waals surface area contributed by atoms with Gasteiger partial charge in [-0.15, -0.1) is 0 Å². The monoisotopic (exact) mass is 364 g/mol. The van der Waals surface area contributed by atoms with Crippen molar-refractivity contribution in [3.63, 3.8) is 0 Å². The standard InChI is InChI=1S/C21H20N2O4/c1-26-19-6-2-17(3-7-19)22-23-18-4-8-20(9-5-18)27-21-11-15(13-24)10-16(12-21)14-25/h2-12,24-25H,13-14H2,1H3. The highest BCUT2D eigenvalue weighted by molar-refractivity contribution is 5.45. The maximum absolute atomic E-state index is 9.30. The number of aliphatic hydroxyl groups is 2. The first kappa shape index (κ1) is 18.6. The lowest BCUT2D eigenvalue weighted by Crippen LogP contribution is -1.92. The second kappa shape index (κ2) is 8.93. The van der Waals surface area contributed by atoms with E-state index in [0.29, 0.717) is 28.3 Å². The molecule has 6 nitrogen and oxygen atoms in total. The SMILES string of the molecule is COc1ccc(N=Nc2ccc(Oc3cc(CO)cc(CO)c3)cc2)cc1. The zero-order chi connectivity index (χ0) is 19.1. The van der Waals surface area contributed by atoms with Crippen molar-refractivity contribution in [3.8, 4) is 17.2 Å². The number of nitrogens with zero attached hydrogens (tertiary/aromatic N) is 2. The van der Waals surface area contributed by atoms with E-state index < -0.39 is 0 Å². The van der Waals surface area contributed by atoms with E-state index in [4.69, 9.17) is 9.47 Å². The topological polar surface area (TPSA) is 83.6 Å². The first-order valence-electron chi connectivity index (χ1n) is 8.38. The van der Waals surface area contributed by atoms with E-state index in [1.165, 1.54) is 0 Å². The molecular formula is C21H20N2O4. The van der Waals surface area contributed by atoms with Crippen molar-refractivity contribution in [2.45, 2.75) is 13.2 Å². The molecule has 0 aliphatic carbocycles. The molecule has 0 saturated heterocycles. The van der Waals surface area contributed by atoms with E-state index in [-0.39, 0.29) is 13.2 Å². The average molecular weight is 364 g/mol. The van der Waals surface area contributed by atoms with Crippen molar-refractivity contribution in [1.29, 1.82) is 0 Å². The second-order valence-corrected chi connectivity index (χ2v) is 5.80. The van der Waals surface area contributed by atoms with Crippen molar-refractivity contribution in [2.24, 2.45) is 10.2 Å². The minimum Gasteiger partial charge on any atom is -0.497 e. The van der Waals surface area contributed by atoms with E-state index in [1.807, 2.05) is 24.3 Å². The Hall–Kier alpha value is -3.22. The predicted octanol–water partition coefficient (Wildman–Crippen LogP) is 4.89. The lowest BCUT2D eigenvalue weighted by Gasteiger charge is -2.09. The minimum atomic E-state index is -0.116. The normalized spacial score (nSPS) is 10.9. The third-order valence-electron chi connectivity index (χ3n) is 3.82. The maximum atomic E-state index is 9.30. The summed E-state index contributed by atoms with van der Waals surface area (Å²) < 4.78 is 10.9. The highest BCUT2D eigenvalue weighted by Crippen LogP contribution is 2.27. The molecule has 138 valence electrons. The first-order valence-corrected chi connectivity index (χ1v) is 8.38. The van der Waals surface area contributed by atoms with Crippen molar-refractivity contribution < 1.29 is 19.7 Å². The molecule has 3 aromatic rings. The zero-order valence-corrected chi connectivity index (χ0v) is 14.9. The molecule has 0 fully saturated rings. The molecule has 0 heterocycles. The van der Waals surface area contributed by atoms with Gasteiger partial charge in [-0.05, 0) is 71.8 Å². The average Bonchev–Trinajstić information content (AvgIpc) is 2.73. The Kier molecular flexibility index (Phi) is 6.14. The molecule has 3 aromatic carbocycles. The van der Waals surface area contributed by atoms with Gasteiger partial charge in [0, 0.05) is 0 Å². The molecule has 0 amide bonds. The van der Waals surface area contributed by atoms with Crippen LogP contribution in [0, 0.1) is 0 Å². The Morgan fingerprint density at radius 1 is 0.667 bits per heavy atom. The summed E-state index contributed by atoms with van der Waals surface area (Å²) in [5, 5.41) is 27.0. The van der Waals surface area contributed by atoms with Crippen molar-refractivity contribution in [3.05, 3.63) is 77.9 Å². The number of hydrogen-bond donors (Lipinski definition) is 2. The number of azo groups is 1. The van der Waals surface area contributed by atoms with Gasteiger partial charge in [0.1, 0.15) is 17.2 Å². The zero-order valence-electron chi connectivity index (χ0n) is 14.9. The molecule has 3 rings (SSSR count). The van der Waals surface area contributed by atoms with Crippen LogP contribution < -0.4 is 9.47 Å². The summed E-state index contributed by atoms with van der Waals surface area (Å²) in [6.45, 7) is -0.232. The van der Waals surface area contributed by atoms with Gasteiger partial charge in [-0.25, -0.2) is 0 Å². The van der Waals surface area contributed by atoms with Crippen LogP contribution in [0.2, 0.25) is 0 Å². The molecule has 0 aliphatic rings. The van der Waals surface area contributed by atoms with Crippen LogP contribution in [0.1, 0.15) is 11.1 Å². The lowest BCUT2D eigenvalue weighted by molar-refractivity contribution is 0.274. The number of benzene rings is 3. The molecule has 6 heteroatoms. The third kappa shape index (κ3) is 5.13. The van der Waals surface area contributed by atoms with E-state index in [0.717, 1.165) is 11.4 Å². The fraction of sp³-hybridized carbons (Fsp3) is 0.143. The Morgan fingerprint density at radius 2 is 1.15 bits per heavy atom. The van der Waals surface area contributed by atoms with Crippen LogP contribution in [-0.2, 0) is 13.2 Å². The summed E-state index contributed by atoms with van der Waals surface area (Å²) >= 11 is 0. The number of ether oxygens (including phenoxy) is 2. The number of methoxy groups -OCH3 is 1. The Balaban J connectivity index is 1.69. The Morgan fingerprint density at radius 3 is 1.59 bits per heavy atom. The highest BCUT2D eigenvalue weighted by Gasteiger charge is 2.03. The third-order valence-corrected chi connectivity index (χ3v) is 3.82. The van der Waals surface area contributed by atoms with Gasteiger partial charge in [0.2, 0.25) is 0 Å². The van der Waals surface area contributed by atoms with Gasteiger partial charge >= 0.3 is 0 Å². The Labute approximate surface area is 157 Å². The van der Waals surface area contributed by atoms with E-state index in [9.17, 15) is 10.2 Å². The van der Waals surface area contributed by atoms with Crippen molar-refractivity contribution in [2.75, 3.05) is 7.11 Å². The van der Waals surface area contributed by atoms with E-state index >= 15 is 0 Å². The maximum Gasteiger partial charge on any atom is 0.128 e. The molecule has 0 unspecified atom stereocenters. The molecule has 0 radical (unpaired) electrons. The van der Waals surface area contributed by atoms with Crippen LogP contribution in [0.25, 0.3) is 0 Å². The van der Waals surface area contributed by atoms with E-state index in [2.05, 4.69) is 10.2 Å². The van der Waals surface area contributed by atoms with Crippen LogP contribution in [0.3, 0.4) is 0 Å². The lowest BCUT2D eigenvalue weighted by atomic mass is 10.1. The molecule has 0 saturated carbocycles. The van der Waals surface area contributed by atoms with E-state index in [1.54, 1.807) is 49.6 Å². The summed E-state index contributed by atoms with van der Waals surface area (Å²) in [4.78, 5) is 0. The molecule has 0 bridgehead atoms. The number of aliphatic hydroxyl groups excluding tert-OH is 2. The molecule has 27 heavy (non-hydrogen) atoms. The van der Waals surface area contributed by atoms with Gasteiger partial charge in [0.05, 0.1) is 31.7 Å². The minimum absolute atomic E-state index is 0.116. The van der Waals surface area contributed by atoms with Gasteiger partial charge in [0.15, 0.2) is 0 Å². The van der Waals surface area contributed by atoms with Gasteiger partial charge in [-0.3, -0.25) is 0 Å². The highest BCUT2D eigenvalue weighted by atomic mass is 16.5. The van der Waals surface area contributed by atoms with Crippen molar-refractivity contribution >= 4 is 11.4 Å². The van der Waals surface area contributed by atoms with Crippen molar-refractivity contribution in [1.82, 2.24) is 0 Å². The molecular weight excluding hydrogens is 344 g/mol. The quantitative estimate of drug-likeness (QED) is 0.585. The second-order valence-electron chi connectivity index (χ2n) is 5.80. The predicted molar refractivity (Wildman–Crippen MR) is 102 cm³/mol. The fourth-order valence-corrected chi connectivity index (χ4v) is 2.45. The smallest absolute Gasteiger partial charge is 0.128 e. The largest absolute Gasteiger partial charge is 0.497 e. The van der Waals surface area contributed by atoms with Gasteiger partial charge in [-0.2, -0.15) is 10.2 Å². The molecule has 2 N–H and O–H groups in total. The first-order chi connectivity index (χ1) is 13.2. The van der Waals surface area contributed by atoms with Crippen LogP contribution in [-0.4, -0.2) is 17.3 Å². The van der Waals surface area contributed by atoms with Crippen LogP contribution >= 0.6 is 0 Å². The van der Waals surface area contributed by atoms with Crippen LogP contribution in [0.5, 0.6) is 17.2 Å². The number of hydrogen-bond acceptors (Lipinski definition) is 6. The molecule has 0 spiro atoms. The van der Waals surface area contributed by atoms with Crippen LogP contribution in [0.4, 0.5) is 11.4 Å². The molecule has 0 atom stereocenters. The van der Waals surface area contributed by atoms with Crippen LogP contribution in [0.15, 0.2) is 77.0 Å². The summed E-state index contributed by atoms with van der Waals surface area (Å²) in [6, 6.07) is 19.7. The number of rotatable bonds is 7. The Bertz CT molecular complexity index is 884. The summed E-state index contributed by atoms with van der Waals surface area (Å²) in [5.41, 5.74) is 2.79. The molecule has 0 aromatic heterocycles. The summed E-state index contributed by atoms with van der Waals surface area (Å²) in [6.07, 6.45) is 0. The summed E-state index contributed by atoms with van der Waals surface area (Å²) in [5.74, 6) is 1.95. The molecule has 0 aliphatic heterocycles. The summed E-state index contributed by atoms with van der Waals surface area (Å²) in [7, 11) is 1.62. The van der Waals surface area contributed by atoms with Gasteiger partial charge in [-0.1, -0.05) is 6.07 Å². The fourth-order valence-electron chi connectivity index (χ4n) is 2.45. The van der Waals surface area contributed by atoms with Gasteiger partial charge < -0.3 is 19.7 Å². The van der Waals surface area contributed by atoms with Gasteiger partial charge in [0.25, 0.3) is 0 Å².